The van der Waals surface area contributed by atoms with Crippen LogP contribution in [0.15, 0.2) is 24.4 Å². The fraction of sp³-hybridized carbons (Fsp3) is 0.364. The molecule has 0 spiro atoms. The monoisotopic (exact) mass is 208 g/mol. The van der Waals surface area contributed by atoms with E-state index in [0.29, 0.717) is 6.54 Å². The molecule has 2 aromatic rings. The average Bonchev–Trinajstić information content (AvgIpc) is 2.61. The van der Waals surface area contributed by atoms with Gasteiger partial charge in [0.05, 0.1) is 11.7 Å². The first-order valence-electron chi connectivity index (χ1n) is 4.92. The molecule has 80 valence electrons. The van der Waals surface area contributed by atoms with Gasteiger partial charge in [-0.1, -0.05) is 6.92 Å². The summed E-state index contributed by atoms with van der Waals surface area (Å²) < 4.78 is 14.7. The van der Waals surface area contributed by atoms with Crippen LogP contribution in [0.1, 0.15) is 6.92 Å². The Labute approximate surface area is 87.1 Å². The Balaban J connectivity index is 2.39. The second kappa shape index (κ2) is 3.98. The molecule has 15 heavy (non-hydrogen) atoms. The first-order chi connectivity index (χ1) is 7.20. The largest absolute Gasteiger partial charge is 0.396 e. The van der Waals surface area contributed by atoms with Crippen molar-refractivity contribution >= 4 is 10.9 Å². The summed E-state index contributed by atoms with van der Waals surface area (Å²) in [5.41, 5.74) is 0.773. The summed E-state index contributed by atoms with van der Waals surface area (Å²) in [7, 11) is 0. The van der Waals surface area contributed by atoms with E-state index < -0.39 is 0 Å². The highest BCUT2D eigenvalue weighted by Gasteiger charge is 2.07. The minimum absolute atomic E-state index is 0.108. The molecule has 1 N–H and O–H groups in total. The SMILES string of the molecule is C[C@H](CO)Cn1ncc2ccc(F)cc21. The Morgan fingerprint density at radius 3 is 3.07 bits per heavy atom. The molecule has 0 radical (unpaired) electrons. The lowest BCUT2D eigenvalue weighted by molar-refractivity contribution is 0.220. The number of fused-ring (bicyclic) bond motifs is 1. The third-order valence-corrected chi connectivity index (χ3v) is 2.40. The number of aliphatic hydroxyl groups is 1. The second-order valence-corrected chi connectivity index (χ2v) is 3.82. The van der Waals surface area contributed by atoms with Crippen molar-refractivity contribution in [3.05, 3.63) is 30.2 Å². The molecule has 1 aromatic heterocycles. The Morgan fingerprint density at radius 1 is 1.53 bits per heavy atom. The van der Waals surface area contributed by atoms with Crippen molar-refractivity contribution < 1.29 is 9.50 Å². The predicted molar refractivity (Wildman–Crippen MR) is 55.9 cm³/mol. The molecule has 4 heteroatoms. The van der Waals surface area contributed by atoms with E-state index >= 15 is 0 Å². The molecule has 0 saturated heterocycles. The van der Waals surface area contributed by atoms with Gasteiger partial charge in [-0.3, -0.25) is 4.68 Å². The number of aromatic nitrogens is 2. The fourth-order valence-electron chi connectivity index (χ4n) is 1.54. The van der Waals surface area contributed by atoms with E-state index in [1.165, 1.54) is 12.1 Å². The lowest BCUT2D eigenvalue weighted by atomic mass is 10.2. The second-order valence-electron chi connectivity index (χ2n) is 3.82. The van der Waals surface area contributed by atoms with Crippen LogP contribution in [0, 0.1) is 11.7 Å². The molecular weight excluding hydrogens is 195 g/mol. The van der Waals surface area contributed by atoms with Gasteiger partial charge in [-0.15, -0.1) is 0 Å². The Hall–Kier alpha value is -1.42. The summed E-state index contributed by atoms with van der Waals surface area (Å²) in [4.78, 5) is 0. The van der Waals surface area contributed by atoms with E-state index in [1.54, 1.807) is 16.9 Å². The van der Waals surface area contributed by atoms with Gasteiger partial charge in [0.1, 0.15) is 5.82 Å². The molecule has 0 fully saturated rings. The van der Waals surface area contributed by atoms with Crippen LogP contribution in [-0.4, -0.2) is 21.5 Å². The van der Waals surface area contributed by atoms with Crippen molar-refractivity contribution in [2.24, 2.45) is 5.92 Å². The van der Waals surface area contributed by atoms with Gasteiger partial charge in [0.15, 0.2) is 0 Å². The van der Waals surface area contributed by atoms with Gasteiger partial charge in [-0.25, -0.2) is 4.39 Å². The molecule has 1 atom stereocenters. The van der Waals surface area contributed by atoms with Crippen molar-refractivity contribution in [1.29, 1.82) is 0 Å². The van der Waals surface area contributed by atoms with E-state index in [9.17, 15) is 4.39 Å². The van der Waals surface area contributed by atoms with Gasteiger partial charge in [-0.2, -0.15) is 5.10 Å². The van der Waals surface area contributed by atoms with E-state index in [4.69, 9.17) is 5.11 Å². The van der Waals surface area contributed by atoms with Crippen molar-refractivity contribution in [3.63, 3.8) is 0 Å². The first kappa shape index (κ1) is 10.1. The van der Waals surface area contributed by atoms with Gasteiger partial charge in [0.25, 0.3) is 0 Å². The summed E-state index contributed by atoms with van der Waals surface area (Å²) in [6.45, 7) is 2.63. The molecule has 1 heterocycles. The molecule has 0 unspecified atom stereocenters. The van der Waals surface area contributed by atoms with Gasteiger partial charge >= 0.3 is 0 Å². The van der Waals surface area contributed by atoms with Crippen LogP contribution in [0.3, 0.4) is 0 Å². The molecular formula is C11H13FN2O. The van der Waals surface area contributed by atoms with Gasteiger partial charge in [0.2, 0.25) is 0 Å². The molecule has 0 saturated carbocycles. The Bertz CT molecular complexity index is 467. The van der Waals surface area contributed by atoms with E-state index in [0.717, 1.165) is 10.9 Å². The molecule has 1 aromatic carbocycles. The quantitative estimate of drug-likeness (QED) is 0.835. The number of halogens is 1. The van der Waals surface area contributed by atoms with Crippen molar-refractivity contribution in [1.82, 2.24) is 9.78 Å². The zero-order valence-corrected chi connectivity index (χ0v) is 8.52. The first-order valence-corrected chi connectivity index (χ1v) is 4.92. The van der Waals surface area contributed by atoms with Crippen LogP contribution in [0.2, 0.25) is 0 Å². The Morgan fingerprint density at radius 2 is 2.33 bits per heavy atom. The van der Waals surface area contributed by atoms with Crippen LogP contribution in [0.25, 0.3) is 10.9 Å². The Kier molecular flexibility index (Phi) is 2.68. The molecule has 0 aliphatic carbocycles. The number of nitrogens with zero attached hydrogens (tertiary/aromatic N) is 2. The normalized spacial score (nSPS) is 13.3. The van der Waals surface area contributed by atoms with Crippen LogP contribution in [0.4, 0.5) is 4.39 Å². The third kappa shape index (κ3) is 1.99. The number of rotatable bonds is 3. The van der Waals surface area contributed by atoms with Crippen LogP contribution in [0.5, 0.6) is 0 Å². The van der Waals surface area contributed by atoms with Crippen LogP contribution < -0.4 is 0 Å². The highest BCUT2D eigenvalue weighted by atomic mass is 19.1. The smallest absolute Gasteiger partial charge is 0.125 e. The van der Waals surface area contributed by atoms with E-state index in [1.807, 2.05) is 6.92 Å². The van der Waals surface area contributed by atoms with Crippen molar-refractivity contribution in [2.45, 2.75) is 13.5 Å². The van der Waals surface area contributed by atoms with Gasteiger partial charge < -0.3 is 5.11 Å². The van der Waals surface area contributed by atoms with E-state index in [-0.39, 0.29) is 18.3 Å². The predicted octanol–water partition coefficient (Wildman–Crippen LogP) is 1.80. The van der Waals surface area contributed by atoms with Crippen LogP contribution >= 0.6 is 0 Å². The summed E-state index contributed by atoms with van der Waals surface area (Å²) in [5.74, 6) is -0.141. The molecule has 2 rings (SSSR count). The number of aliphatic hydroxyl groups excluding tert-OH is 1. The number of benzene rings is 1. The molecule has 0 amide bonds. The van der Waals surface area contributed by atoms with Gasteiger partial charge in [0, 0.05) is 18.5 Å². The maximum absolute atomic E-state index is 13.0. The topological polar surface area (TPSA) is 38.0 Å². The van der Waals surface area contributed by atoms with E-state index in [2.05, 4.69) is 5.10 Å². The highest BCUT2D eigenvalue weighted by Crippen LogP contribution is 2.16. The zero-order valence-electron chi connectivity index (χ0n) is 8.52. The maximum Gasteiger partial charge on any atom is 0.125 e. The summed E-state index contributed by atoms with van der Waals surface area (Å²) >= 11 is 0. The molecule has 0 bridgehead atoms. The average molecular weight is 208 g/mol. The van der Waals surface area contributed by atoms with Crippen molar-refractivity contribution in [3.8, 4) is 0 Å². The molecule has 3 nitrogen and oxygen atoms in total. The highest BCUT2D eigenvalue weighted by molar-refractivity contribution is 5.78. The number of hydrogen-bond acceptors (Lipinski definition) is 2. The lowest BCUT2D eigenvalue weighted by Crippen LogP contribution is -2.12. The summed E-state index contributed by atoms with van der Waals surface area (Å²) in [6.07, 6.45) is 1.71. The molecule has 0 aliphatic rings. The standard InChI is InChI=1S/C11H13FN2O/c1-8(7-15)6-14-11-4-10(12)3-2-9(11)5-13-14/h2-5,8,15H,6-7H2,1H3/t8-/m0/s1. The molecule has 0 aliphatic heterocycles. The van der Waals surface area contributed by atoms with Crippen LogP contribution in [-0.2, 0) is 6.54 Å². The summed E-state index contributed by atoms with van der Waals surface area (Å²) in [5, 5.41) is 14.0. The number of hydrogen-bond donors (Lipinski definition) is 1. The van der Waals surface area contributed by atoms with Gasteiger partial charge in [-0.05, 0) is 24.1 Å². The maximum atomic E-state index is 13.0. The summed E-state index contributed by atoms with van der Waals surface area (Å²) in [6, 6.07) is 4.59. The zero-order chi connectivity index (χ0) is 10.8. The lowest BCUT2D eigenvalue weighted by Gasteiger charge is -2.08. The minimum Gasteiger partial charge on any atom is -0.396 e. The van der Waals surface area contributed by atoms with Crippen molar-refractivity contribution in [2.75, 3.05) is 6.61 Å². The minimum atomic E-state index is -0.263. The fourth-order valence-corrected chi connectivity index (χ4v) is 1.54. The third-order valence-electron chi connectivity index (χ3n) is 2.40.